The highest BCUT2D eigenvalue weighted by molar-refractivity contribution is 6.29. The summed E-state index contributed by atoms with van der Waals surface area (Å²) in [6.45, 7) is 0. The van der Waals surface area contributed by atoms with E-state index < -0.39 is 5.82 Å². The number of nitrogens with zero attached hydrogens (tertiary/aromatic N) is 4. The van der Waals surface area contributed by atoms with Crippen molar-refractivity contribution in [1.82, 2.24) is 4.98 Å². The van der Waals surface area contributed by atoms with Crippen LogP contribution < -0.4 is 0 Å². The van der Waals surface area contributed by atoms with Crippen molar-refractivity contribution in [2.24, 2.45) is 5.11 Å². The maximum absolute atomic E-state index is 12.7. The van der Waals surface area contributed by atoms with Gasteiger partial charge < -0.3 is 0 Å². The maximum Gasteiger partial charge on any atom is 0.170 e. The Bertz CT molecular complexity index is 320. The fourth-order valence-corrected chi connectivity index (χ4v) is 0.687. The van der Waals surface area contributed by atoms with E-state index in [9.17, 15) is 4.39 Å². The van der Waals surface area contributed by atoms with Gasteiger partial charge in [0.15, 0.2) is 11.0 Å². The highest BCUT2D eigenvalue weighted by Gasteiger charge is 2.03. The van der Waals surface area contributed by atoms with Crippen LogP contribution in [0.15, 0.2) is 17.4 Å². The number of pyridine rings is 1. The summed E-state index contributed by atoms with van der Waals surface area (Å²) in [7, 11) is 0. The third-order valence-electron chi connectivity index (χ3n) is 0.979. The molecule has 6 heteroatoms. The van der Waals surface area contributed by atoms with Gasteiger partial charge in [0.05, 0.1) is 5.69 Å². The zero-order valence-electron chi connectivity index (χ0n) is 5.20. The van der Waals surface area contributed by atoms with Crippen molar-refractivity contribution < 1.29 is 4.39 Å². The zero-order valence-corrected chi connectivity index (χ0v) is 5.96. The lowest BCUT2D eigenvalue weighted by Gasteiger charge is -1.93. The van der Waals surface area contributed by atoms with E-state index in [0.29, 0.717) is 0 Å². The predicted molar refractivity (Wildman–Crippen MR) is 38.0 cm³/mol. The first kappa shape index (κ1) is 7.78. The average Bonchev–Trinajstić information content (AvgIpc) is 1.99. The molecular formula is C5H2ClFN4. The van der Waals surface area contributed by atoms with E-state index >= 15 is 0 Å². The molecule has 0 bridgehead atoms. The van der Waals surface area contributed by atoms with Gasteiger partial charge in [-0.25, -0.2) is 9.37 Å². The molecule has 0 aromatic carbocycles. The van der Waals surface area contributed by atoms with Crippen LogP contribution in [0.3, 0.4) is 0 Å². The van der Waals surface area contributed by atoms with Crippen LogP contribution >= 0.6 is 11.6 Å². The van der Waals surface area contributed by atoms with Crippen LogP contribution in [-0.4, -0.2) is 4.98 Å². The Kier molecular flexibility index (Phi) is 2.25. The number of rotatable bonds is 1. The molecule has 0 saturated heterocycles. The molecular weight excluding hydrogens is 171 g/mol. The van der Waals surface area contributed by atoms with Gasteiger partial charge in [-0.3, -0.25) is 0 Å². The van der Waals surface area contributed by atoms with Crippen LogP contribution in [0.1, 0.15) is 0 Å². The summed E-state index contributed by atoms with van der Waals surface area (Å²) in [5.74, 6) is -0.799. The van der Waals surface area contributed by atoms with E-state index in [0.717, 1.165) is 0 Å². The summed E-state index contributed by atoms with van der Waals surface area (Å²) in [5, 5.41) is 2.75. The predicted octanol–water partition coefficient (Wildman–Crippen LogP) is 2.82. The molecule has 0 atom stereocenters. The first-order valence-corrected chi connectivity index (χ1v) is 2.98. The van der Waals surface area contributed by atoms with E-state index in [1.165, 1.54) is 12.3 Å². The molecule has 0 aliphatic carbocycles. The minimum atomic E-state index is -0.799. The van der Waals surface area contributed by atoms with Crippen LogP contribution in [0.25, 0.3) is 10.4 Å². The van der Waals surface area contributed by atoms with Gasteiger partial charge in [-0.15, -0.1) is 0 Å². The second-order valence-corrected chi connectivity index (χ2v) is 1.98. The van der Waals surface area contributed by atoms with Crippen molar-refractivity contribution >= 4 is 17.3 Å². The number of azide groups is 1. The van der Waals surface area contributed by atoms with Gasteiger partial charge in [0, 0.05) is 11.1 Å². The molecule has 0 fully saturated rings. The van der Waals surface area contributed by atoms with Crippen molar-refractivity contribution in [3.8, 4) is 0 Å². The third kappa shape index (κ3) is 1.58. The summed E-state index contributed by atoms with van der Waals surface area (Å²) >= 11 is 5.28. The van der Waals surface area contributed by atoms with E-state index in [1.807, 2.05) is 0 Å². The largest absolute Gasteiger partial charge is 0.242 e. The zero-order chi connectivity index (χ0) is 8.27. The summed E-state index contributed by atoms with van der Waals surface area (Å²) in [6.07, 6.45) is 1.26. The van der Waals surface area contributed by atoms with Crippen LogP contribution in [-0.2, 0) is 0 Å². The van der Waals surface area contributed by atoms with Crippen molar-refractivity contribution in [2.75, 3.05) is 0 Å². The summed E-state index contributed by atoms with van der Waals surface area (Å²) in [6, 6.07) is 1.24. The van der Waals surface area contributed by atoms with Gasteiger partial charge in [-0.1, -0.05) is 16.7 Å². The normalized spacial score (nSPS) is 8.91. The van der Waals surface area contributed by atoms with Crippen LogP contribution in [0.4, 0.5) is 10.1 Å². The van der Waals surface area contributed by atoms with Gasteiger partial charge in [-0.2, -0.15) is 0 Å². The Morgan fingerprint density at radius 1 is 1.73 bits per heavy atom. The topological polar surface area (TPSA) is 61.7 Å². The van der Waals surface area contributed by atoms with Crippen LogP contribution in [0, 0.1) is 5.82 Å². The molecule has 0 radical (unpaired) electrons. The Morgan fingerprint density at radius 3 is 3.09 bits per heavy atom. The molecule has 0 aliphatic rings. The first-order chi connectivity index (χ1) is 5.25. The molecule has 1 heterocycles. The van der Waals surface area contributed by atoms with Crippen molar-refractivity contribution in [3.05, 3.63) is 33.7 Å². The number of aromatic nitrogens is 1. The summed E-state index contributed by atoms with van der Waals surface area (Å²) in [4.78, 5) is 5.84. The molecule has 1 rings (SSSR count). The highest BCUT2D eigenvalue weighted by Crippen LogP contribution is 2.21. The molecule has 4 nitrogen and oxygen atoms in total. The quantitative estimate of drug-likeness (QED) is 0.278. The molecule has 56 valence electrons. The average molecular weight is 173 g/mol. The fourth-order valence-electron chi connectivity index (χ4n) is 0.534. The number of hydrogen-bond acceptors (Lipinski definition) is 2. The summed E-state index contributed by atoms with van der Waals surface area (Å²) < 4.78 is 12.7. The molecule has 11 heavy (non-hydrogen) atoms. The van der Waals surface area contributed by atoms with Crippen LogP contribution in [0.2, 0.25) is 5.15 Å². The maximum atomic E-state index is 12.7. The highest BCUT2D eigenvalue weighted by atomic mass is 35.5. The van der Waals surface area contributed by atoms with Crippen molar-refractivity contribution in [2.45, 2.75) is 0 Å². The number of halogens is 2. The van der Waals surface area contributed by atoms with Gasteiger partial charge >= 0.3 is 0 Å². The lowest BCUT2D eigenvalue weighted by Crippen LogP contribution is -1.80. The standard InChI is InChI=1S/C5H2ClFN4/c6-5-4(7)3(10-11-8)1-2-9-5/h1-2H. The molecule has 0 unspecified atom stereocenters. The SMILES string of the molecule is [N-]=[N+]=Nc1ccnc(Cl)c1F. The Balaban J connectivity index is 3.26. The van der Waals surface area contributed by atoms with E-state index in [2.05, 4.69) is 15.0 Å². The van der Waals surface area contributed by atoms with Gasteiger partial charge in [0.25, 0.3) is 0 Å². The van der Waals surface area contributed by atoms with E-state index in [1.54, 1.807) is 0 Å². The summed E-state index contributed by atoms with van der Waals surface area (Å²) in [5.41, 5.74) is 7.82. The van der Waals surface area contributed by atoms with Gasteiger partial charge in [-0.05, 0) is 11.6 Å². The monoisotopic (exact) mass is 172 g/mol. The smallest absolute Gasteiger partial charge is 0.170 e. The second kappa shape index (κ2) is 3.18. The molecule has 0 saturated carbocycles. The minimum Gasteiger partial charge on any atom is -0.242 e. The lowest BCUT2D eigenvalue weighted by molar-refractivity contribution is 0.624. The third-order valence-corrected chi connectivity index (χ3v) is 1.24. The molecule has 0 amide bonds. The molecule has 0 aliphatic heterocycles. The Labute approximate surface area is 66.3 Å². The molecule has 1 aromatic heterocycles. The minimum absolute atomic E-state index is 0.146. The van der Waals surface area contributed by atoms with Crippen LogP contribution in [0.5, 0.6) is 0 Å². The number of hydrogen-bond donors (Lipinski definition) is 0. The van der Waals surface area contributed by atoms with Crippen molar-refractivity contribution in [3.63, 3.8) is 0 Å². The lowest BCUT2D eigenvalue weighted by atomic mass is 10.4. The van der Waals surface area contributed by atoms with Gasteiger partial charge in [0.1, 0.15) is 0 Å². The van der Waals surface area contributed by atoms with E-state index in [4.69, 9.17) is 17.1 Å². The fraction of sp³-hybridized carbons (Fsp3) is 0. The van der Waals surface area contributed by atoms with Gasteiger partial charge in [0.2, 0.25) is 0 Å². The molecule has 0 N–H and O–H groups in total. The molecule has 0 spiro atoms. The molecule has 1 aromatic rings. The first-order valence-electron chi connectivity index (χ1n) is 2.61. The second-order valence-electron chi connectivity index (χ2n) is 1.62. The van der Waals surface area contributed by atoms with E-state index in [-0.39, 0.29) is 10.8 Å². The van der Waals surface area contributed by atoms with Crippen molar-refractivity contribution in [1.29, 1.82) is 0 Å². The Morgan fingerprint density at radius 2 is 2.45 bits per heavy atom. The Hall–Kier alpha value is -1.32.